The van der Waals surface area contributed by atoms with E-state index in [9.17, 15) is 0 Å². The molecule has 5 heteroatoms. The lowest BCUT2D eigenvalue weighted by molar-refractivity contribution is -0.218. The van der Waals surface area contributed by atoms with E-state index in [2.05, 4.69) is 0 Å². The minimum Gasteiger partial charge on any atom is -0.463 e. The van der Waals surface area contributed by atoms with Gasteiger partial charge in [-0.15, -0.1) is 0 Å². The molecule has 0 atom stereocenters. The van der Waals surface area contributed by atoms with Crippen LogP contribution in [0.1, 0.15) is 11.9 Å². The predicted molar refractivity (Wildman–Crippen MR) is 72.2 cm³/mol. The SMILES string of the molecule is CN(C)C(=S)OC1COC(c2ccccc2)OC1. The van der Waals surface area contributed by atoms with Crippen molar-refractivity contribution in [3.8, 4) is 0 Å². The van der Waals surface area contributed by atoms with E-state index in [1.165, 1.54) is 0 Å². The minimum absolute atomic E-state index is 0.139. The first-order valence-corrected chi connectivity index (χ1v) is 6.23. The molecule has 0 unspecified atom stereocenters. The molecule has 0 bridgehead atoms. The van der Waals surface area contributed by atoms with Crippen molar-refractivity contribution >= 4 is 17.4 Å². The topological polar surface area (TPSA) is 30.9 Å². The van der Waals surface area contributed by atoms with Crippen molar-refractivity contribution in [3.05, 3.63) is 35.9 Å². The van der Waals surface area contributed by atoms with Crippen LogP contribution in [0.5, 0.6) is 0 Å². The molecule has 0 aliphatic carbocycles. The van der Waals surface area contributed by atoms with Crippen LogP contribution in [0, 0.1) is 0 Å². The van der Waals surface area contributed by atoms with Crippen LogP contribution >= 0.6 is 12.2 Å². The fraction of sp³-hybridized carbons (Fsp3) is 0.462. The molecule has 0 spiro atoms. The van der Waals surface area contributed by atoms with E-state index in [-0.39, 0.29) is 12.4 Å². The Hall–Kier alpha value is -1.17. The largest absolute Gasteiger partial charge is 0.463 e. The zero-order valence-electron chi connectivity index (χ0n) is 10.5. The first-order chi connectivity index (χ1) is 8.66. The molecule has 0 N–H and O–H groups in total. The normalized spacial score (nSPS) is 23.4. The summed E-state index contributed by atoms with van der Waals surface area (Å²) < 4.78 is 16.8. The second kappa shape index (κ2) is 6.13. The van der Waals surface area contributed by atoms with Gasteiger partial charge in [0.25, 0.3) is 5.17 Å². The van der Waals surface area contributed by atoms with Crippen molar-refractivity contribution in [2.75, 3.05) is 27.3 Å². The summed E-state index contributed by atoms with van der Waals surface area (Å²) in [5, 5.41) is 0.449. The van der Waals surface area contributed by atoms with Gasteiger partial charge >= 0.3 is 0 Å². The van der Waals surface area contributed by atoms with Crippen molar-refractivity contribution in [2.24, 2.45) is 0 Å². The lowest BCUT2D eigenvalue weighted by Gasteiger charge is -2.30. The highest BCUT2D eigenvalue weighted by Gasteiger charge is 2.25. The van der Waals surface area contributed by atoms with E-state index in [4.69, 9.17) is 26.4 Å². The van der Waals surface area contributed by atoms with Gasteiger partial charge in [0.05, 0.1) is 13.2 Å². The van der Waals surface area contributed by atoms with Crippen LogP contribution in [0.4, 0.5) is 0 Å². The van der Waals surface area contributed by atoms with E-state index in [1.807, 2.05) is 44.4 Å². The van der Waals surface area contributed by atoms with Crippen molar-refractivity contribution in [2.45, 2.75) is 12.4 Å². The van der Waals surface area contributed by atoms with Crippen molar-refractivity contribution in [1.29, 1.82) is 0 Å². The van der Waals surface area contributed by atoms with Gasteiger partial charge in [-0.05, 0) is 12.2 Å². The lowest BCUT2D eigenvalue weighted by atomic mass is 10.2. The van der Waals surface area contributed by atoms with Gasteiger partial charge in [0.1, 0.15) is 6.10 Å². The Labute approximate surface area is 112 Å². The van der Waals surface area contributed by atoms with Gasteiger partial charge in [-0.2, -0.15) is 0 Å². The van der Waals surface area contributed by atoms with Crippen LogP contribution < -0.4 is 0 Å². The summed E-state index contributed by atoms with van der Waals surface area (Å²) >= 11 is 5.07. The summed E-state index contributed by atoms with van der Waals surface area (Å²) in [6.45, 7) is 0.959. The third kappa shape index (κ3) is 3.41. The van der Waals surface area contributed by atoms with E-state index in [0.29, 0.717) is 18.4 Å². The maximum atomic E-state index is 5.63. The highest BCUT2D eigenvalue weighted by atomic mass is 32.1. The third-order valence-electron chi connectivity index (χ3n) is 2.57. The molecule has 1 aliphatic rings. The van der Waals surface area contributed by atoms with Gasteiger partial charge in [-0.25, -0.2) is 0 Å². The summed E-state index contributed by atoms with van der Waals surface area (Å²) in [5.74, 6) is 0. The summed E-state index contributed by atoms with van der Waals surface area (Å²) in [6, 6.07) is 9.86. The first-order valence-electron chi connectivity index (χ1n) is 5.83. The number of benzene rings is 1. The van der Waals surface area contributed by atoms with Crippen molar-refractivity contribution in [3.63, 3.8) is 0 Å². The highest BCUT2D eigenvalue weighted by Crippen LogP contribution is 2.23. The van der Waals surface area contributed by atoms with Gasteiger partial charge in [-0.1, -0.05) is 30.3 Å². The molecule has 1 fully saturated rings. The zero-order chi connectivity index (χ0) is 13.0. The van der Waals surface area contributed by atoms with Gasteiger partial charge in [0, 0.05) is 19.7 Å². The van der Waals surface area contributed by atoms with E-state index in [0.717, 1.165) is 5.56 Å². The highest BCUT2D eigenvalue weighted by molar-refractivity contribution is 7.80. The van der Waals surface area contributed by atoms with E-state index < -0.39 is 0 Å². The molecule has 1 aliphatic heterocycles. The summed E-state index contributed by atoms with van der Waals surface area (Å²) in [7, 11) is 3.69. The van der Waals surface area contributed by atoms with Crippen LogP contribution in [0.15, 0.2) is 30.3 Å². The summed E-state index contributed by atoms with van der Waals surface area (Å²) in [4.78, 5) is 1.75. The molecule has 0 saturated carbocycles. The summed E-state index contributed by atoms with van der Waals surface area (Å²) in [6.07, 6.45) is -0.446. The number of thiocarbonyl (C=S) groups is 1. The fourth-order valence-corrected chi connectivity index (χ4v) is 1.74. The molecule has 0 radical (unpaired) electrons. The number of hydrogen-bond acceptors (Lipinski definition) is 4. The third-order valence-corrected chi connectivity index (χ3v) is 3.03. The van der Waals surface area contributed by atoms with Crippen LogP contribution in [0.25, 0.3) is 0 Å². The standard InChI is InChI=1S/C13H17NO3S/c1-14(2)13(18)17-11-8-15-12(16-9-11)10-6-4-3-5-7-10/h3-7,11-12H,8-9H2,1-2H3. The Kier molecular flexibility index (Phi) is 4.52. The Balaban J connectivity index is 1.83. The zero-order valence-corrected chi connectivity index (χ0v) is 11.4. The molecule has 4 nitrogen and oxygen atoms in total. The Bertz CT molecular complexity index is 388. The van der Waals surface area contributed by atoms with Gasteiger partial charge < -0.3 is 19.1 Å². The predicted octanol–water partition coefficient (Wildman–Crippen LogP) is 1.96. The Morgan fingerprint density at radius 2 is 1.83 bits per heavy atom. The van der Waals surface area contributed by atoms with Crippen LogP contribution in [0.3, 0.4) is 0 Å². The average Bonchev–Trinajstić information content (AvgIpc) is 2.40. The molecule has 0 amide bonds. The second-order valence-corrected chi connectivity index (χ2v) is 4.66. The molecular weight excluding hydrogens is 250 g/mol. The first kappa shape index (κ1) is 13.3. The van der Waals surface area contributed by atoms with Crippen LogP contribution in [-0.2, 0) is 14.2 Å². The fourth-order valence-electron chi connectivity index (χ4n) is 1.60. The molecule has 2 rings (SSSR count). The van der Waals surface area contributed by atoms with Crippen LogP contribution in [0.2, 0.25) is 0 Å². The molecule has 1 saturated heterocycles. The molecule has 0 aromatic heterocycles. The van der Waals surface area contributed by atoms with Crippen molar-refractivity contribution < 1.29 is 14.2 Å². The smallest absolute Gasteiger partial charge is 0.259 e. The lowest BCUT2D eigenvalue weighted by Crippen LogP contribution is -2.37. The molecule has 1 heterocycles. The second-order valence-electron chi connectivity index (χ2n) is 4.31. The molecule has 1 aromatic carbocycles. The average molecular weight is 267 g/mol. The van der Waals surface area contributed by atoms with Gasteiger partial charge in [0.2, 0.25) is 0 Å². The maximum absolute atomic E-state index is 5.63. The monoisotopic (exact) mass is 267 g/mol. The maximum Gasteiger partial charge on any atom is 0.259 e. The number of nitrogens with zero attached hydrogens (tertiary/aromatic N) is 1. The van der Waals surface area contributed by atoms with Gasteiger partial charge in [-0.3, -0.25) is 0 Å². The quantitative estimate of drug-likeness (QED) is 0.765. The number of ether oxygens (including phenoxy) is 3. The molecule has 1 aromatic rings. The Morgan fingerprint density at radius 1 is 1.22 bits per heavy atom. The van der Waals surface area contributed by atoms with Crippen LogP contribution in [-0.4, -0.2) is 43.5 Å². The Morgan fingerprint density at radius 3 is 2.39 bits per heavy atom. The van der Waals surface area contributed by atoms with Crippen molar-refractivity contribution in [1.82, 2.24) is 4.90 Å². The van der Waals surface area contributed by atoms with Gasteiger partial charge in [0.15, 0.2) is 6.29 Å². The number of rotatable bonds is 2. The molecule has 98 valence electrons. The minimum atomic E-state index is -0.307. The van der Waals surface area contributed by atoms with E-state index >= 15 is 0 Å². The van der Waals surface area contributed by atoms with E-state index in [1.54, 1.807) is 4.90 Å². The summed E-state index contributed by atoms with van der Waals surface area (Å²) in [5.41, 5.74) is 1.02. The molecular formula is C13H17NO3S. The number of hydrogen-bond donors (Lipinski definition) is 0. The molecule has 18 heavy (non-hydrogen) atoms.